The predicted molar refractivity (Wildman–Crippen MR) is 391 cm³/mol. The number of carbonyl (C=O) groups is 2. The Bertz CT molecular complexity index is 6080. The molecule has 2 saturated heterocycles. The maximum absolute atomic E-state index is 15.5. The van der Waals surface area contributed by atoms with E-state index in [1.54, 1.807) is 58.3 Å². The number of aromatic nitrogens is 2. The first-order valence-corrected chi connectivity index (χ1v) is 34.0. The van der Waals surface area contributed by atoms with Crippen LogP contribution in [0.15, 0.2) is 207 Å². The molecule has 0 N–H and O–H groups in total. The lowest BCUT2D eigenvalue weighted by atomic mass is 10.00. The molecule has 12 rings (SSSR count). The molecule has 8 aromatic carbocycles. The van der Waals surface area contributed by atoms with Crippen LogP contribution < -0.4 is 10.9 Å². The first kappa shape index (κ1) is 50.5. The lowest BCUT2D eigenvalue weighted by Gasteiger charge is -2.39. The number of thioether (sulfide) groups is 2. The minimum absolute atomic E-state index is 0.00196. The van der Waals surface area contributed by atoms with E-state index in [1.165, 1.54) is 35.8 Å². The topological polar surface area (TPSA) is 110 Å². The molecular weight excluding hydrogens is 1410 g/mol. The molecule has 2 aliphatic heterocycles. The zero-order valence-electron chi connectivity index (χ0n) is 80.4. The number of hydrogen-bond acceptors (Lipinski definition) is 10. The van der Waals surface area contributed by atoms with Gasteiger partial charge in [0.2, 0.25) is 11.8 Å². The number of benzene rings is 8. The van der Waals surface area contributed by atoms with Crippen molar-refractivity contribution in [3.63, 3.8) is 0 Å². The van der Waals surface area contributed by atoms with Crippen molar-refractivity contribution in [2.75, 3.05) is 66.6 Å². The summed E-state index contributed by atoms with van der Waals surface area (Å²) in [5.41, 5.74) is -13.7. The smallest absolute Gasteiger partial charge is 0.383 e. The number of amides is 2. The van der Waals surface area contributed by atoms with E-state index < -0.39 is 243 Å². The van der Waals surface area contributed by atoms with Crippen molar-refractivity contribution in [1.82, 2.24) is 28.7 Å². The standard InChI is InChI=1S/C41H40F5N3O3S.C40H38F5N3O3S/c1-27-6-15-36-34(22-27)37(50)23-39(53-26-31-4-3-5-35(42)40(31)43)49(36)25-38(51)48(33-16-18-47(19-17-33)20-21-52-2)24-28-7-9-29(10-8-28)30-11-13-32(14-12-30)41(44,45)46;1-51-22-21-46-19-17-32(18-20-46)47(24-27-9-11-28(12-10-27)29-13-15-31(16-14-29)40(43,44)45)37(50)25-48-35-8-3-2-6-33(35)36(49)23-38(48)52-26-30-5-4-7-34(41)39(30)42/h3-15,22-23,33H,16-21,24-26H2,1-2H3;2-16,23,32H,17-22,24-26H2,1H3/i2D3,3D,4D,5D,6D,7D,8D,9D,10D,11D,12D,13D,14D,15D,22D,23D,26D2;1D3,26D2. The van der Waals surface area contributed by atoms with Crippen LogP contribution in [0.25, 0.3) is 44.1 Å². The number of methoxy groups -OCH3 is 2. The van der Waals surface area contributed by atoms with Gasteiger partial charge in [-0.15, -0.1) is 23.5 Å². The lowest BCUT2D eigenvalue weighted by molar-refractivity contribution is -0.138. The second-order valence-corrected chi connectivity index (χ2v) is 25.8. The van der Waals surface area contributed by atoms with Gasteiger partial charge in [-0.25, -0.2) is 17.6 Å². The predicted octanol–water partition coefficient (Wildman–Crippen LogP) is 17.1. The second-order valence-electron chi connectivity index (χ2n) is 24.2. The molecule has 0 radical (unpaired) electrons. The minimum atomic E-state index is -5.37. The third-order valence-corrected chi connectivity index (χ3v) is 19.0. The van der Waals surface area contributed by atoms with E-state index in [0.29, 0.717) is 65.4 Å². The van der Waals surface area contributed by atoms with Gasteiger partial charge in [-0.1, -0.05) is 121 Å². The van der Waals surface area contributed by atoms with Gasteiger partial charge in [-0.3, -0.25) is 19.2 Å². The van der Waals surface area contributed by atoms with Crippen LogP contribution in [0.3, 0.4) is 0 Å². The van der Waals surface area contributed by atoms with Crippen molar-refractivity contribution < 1.29 is 97.2 Å². The van der Waals surface area contributed by atoms with Gasteiger partial charge in [0, 0.05) is 129 Å². The number of halogens is 10. The normalized spacial score (nSPS) is 18.1. The molecule has 550 valence electrons. The summed E-state index contributed by atoms with van der Waals surface area (Å²) in [5.74, 6) is -8.20. The average Bonchev–Trinajstić information content (AvgIpc) is 0.718. The van der Waals surface area contributed by atoms with Crippen LogP contribution in [0, 0.1) is 30.2 Å². The zero-order valence-corrected chi connectivity index (χ0v) is 57.1. The van der Waals surface area contributed by atoms with E-state index in [4.69, 9.17) is 43.7 Å². The molecule has 0 bridgehead atoms. The number of piperidine rings is 2. The highest BCUT2D eigenvalue weighted by molar-refractivity contribution is 7.98. The third kappa shape index (κ3) is 19.5. The van der Waals surface area contributed by atoms with Crippen LogP contribution in [0.2, 0.25) is 0 Å². The summed E-state index contributed by atoms with van der Waals surface area (Å²) >= 11 is 0.228. The summed E-state index contributed by atoms with van der Waals surface area (Å²) < 4.78 is 359. The summed E-state index contributed by atoms with van der Waals surface area (Å²) in [5, 5.41) is -1.34. The van der Waals surface area contributed by atoms with Crippen LogP contribution >= 0.6 is 23.5 Å². The van der Waals surface area contributed by atoms with E-state index in [2.05, 4.69) is 0 Å². The highest BCUT2D eigenvalue weighted by atomic mass is 32.2. The molecule has 2 fully saturated rings. The lowest BCUT2D eigenvalue weighted by Crippen LogP contribution is -2.48. The van der Waals surface area contributed by atoms with Gasteiger partial charge in [0.1, 0.15) is 13.1 Å². The van der Waals surface area contributed by atoms with E-state index >= 15 is 9.18 Å². The molecule has 12 nitrogen and oxygen atoms in total. The van der Waals surface area contributed by atoms with E-state index in [1.807, 2.05) is 4.90 Å². The molecule has 4 heterocycles. The van der Waals surface area contributed by atoms with Crippen LogP contribution in [0.4, 0.5) is 43.9 Å². The van der Waals surface area contributed by atoms with Gasteiger partial charge in [0.05, 0.1) is 74.2 Å². The van der Waals surface area contributed by atoms with Gasteiger partial charge < -0.3 is 38.2 Å². The molecule has 24 heteroatoms. The molecule has 105 heavy (non-hydrogen) atoms. The van der Waals surface area contributed by atoms with Gasteiger partial charge in [0.25, 0.3) is 0 Å². The molecule has 2 amide bonds. The van der Waals surface area contributed by atoms with Gasteiger partial charge in [0.15, 0.2) is 34.1 Å². The molecule has 2 aromatic heterocycles. The van der Waals surface area contributed by atoms with Gasteiger partial charge >= 0.3 is 12.4 Å². The first-order chi connectivity index (χ1) is 60.5. The highest BCUT2D eigenvalue weighted by Gasteiger charge is 2.34. The number of fused-ring (bicyclic) bond motifs is 2. The van der Waals surface area contributed by atoms with E-state index in [9.17, 15) is 53.9 Å². The second kappa shape index (κ2) is 34.9. The molecule has 0 aliphatic carbocycles. The molecule has 2 aliphatic rings. The quantitative estimate of drug-likeness (QED) is 0.0428. The summed E-state index contributed by atoms with van der Waals surface area (Å²) in [6.45, 7) is 0.468. The third-order valence-electron chi connectivity index (χ3n) is 17.4. The number of likely N-dealkylation sites (tertiary alicyclic amines) is 2. The van der Waals surface area contributed by atoms with Crippen molar-refractivity contribution in [3.05, 3.63) is 270 Å². The van der Waals surface area contributed by atoms with Gasteiger partial charge in [-0.05, 0) is 127 Å². The number of carbonyl (C=O) groups excluding carboxylic acids is 2. The summed E-state index contributed by atoms with van der Waals surface area (Å²) in [6.07, 6.45) is -8.76. The number of alkyl halides is 6. The Kier molecular flexibility index (Phi) is 16.8. The SMILES string of the molecule is [2H]C([2H])([2H])OCCN1CCC(N(Cc2ccc(-c3ccc(C(F)(F)F)cc3)cc2)C(=O)Cn2c(SC([2H])([2H])c3cccc(F)c3F)cc(=O)c3ccccc32)CC1.[2H]c1c([2H])c(F)c(F)c(C([2H])([2H])Sc2c([2H])c(=O)c3c([2H])c(C)c([2H])c([2H])c3n2CC(=O)N(Cc2c([2H])c([2H])c(-c3c([2H])c([2H])c(C(F)(F)F)c([2H])c3[2H])c([2H])c2[2H])C2CCN(CCOC([2H])([2H])[2H])CC2)c1[2H]. The van der Waals surface area contributed by atoms with E-state index in [-0.39, 0.29) is 98.5 Å². The monoisotopic (exact) mass is 1510 g/mol. The summed E-state index contributed by atoms with van der Waals surface area (Å²) in [4.78, 5) is 63.6. The molecule has 0 atom stereocenters. The number of para-hydroxylation sites is 1. The summed E-state index contributed by atoms with van der Waals surface area (Å²) in [6, 6.07) is 4.27. The fourth-order valence-electron chi connectivity index (χ4n) is 11.9. The Morgan fingerprint density at radius 1 is 0.533 bits per heavy atom. The molecule has 0 saturated carbocycles. The van der Waals surface area contributed by atoms with Gasteiger partial charge in [-0.2, -0.15) is 26.3 Å². The Labute approximate surface area is 645 Å². The maximum Gasteiger partial charge on any atom is 0.416 e. The fraction of sp³-hybridized carbons (Fsp3) is 0.309. The molecule has 0 spiro atoms. The van der Waals surface area contributed by atoms with Crippen molar-refractivity contribution in [1.29, 1.82) is 0 Å². The first-order valence-electron chi connectivity index (χ1n) is 44.9. The molecule has 10 aromatic rings. The Morgan fingerprint density at radius 2 is 1.07 bits per heavy atom. The largest absolute Gasteiger partial charge is 0.416 e. The Balaban J connectivity index is 0.000000259. The van der Waals surface area contributed by atoms with Crippen LogP contribution in [-0.2, 0) is 69.0 Å². The number of pyridine rings is 2. The number of rotatable bonds is 24. The van der Waals surface area contributed by atoms with Crippen LogP contribution in [0.1, 0.15) is 98.9 Å². The van der Waals surface area contributed by atoms with Crippen molar-refractivity contribution in [2.24, 2.45) is 0 Å². The van der Waals surface area contributed by atoms with Crippen molar-refractivity contribution >= 4 is 57.1 Å². The van der Waals surface area contributed by atoms with Crippen molar-refractivity contribution in [2.45, 2.75) is 105 Å². The highest BCUT2D eigenvalue weighted by Crippen LogP contribution is 2.36. The van der Waals surface area contributed by atoms with Crippen LogP contribution in [-0.4, -0.2) is 119 Å². The zero-order chi connectivity index (χ0) is 96.2. The number of hydrogen-bond donors (Lipinski definition) is 0. The number of ether oxygens (including phenoxy) is 2. The molecule has 0 unspecified atom stereocenters. The van der Waals surface area contributed by atoms with Crippen molar-refractivity contribution in [3.8, 4) is 22.3 Å². The Morgan fingerprint density at radius 3 is 1.66 bits per heavy atom. The average molecular weight is 1510 g/mol. The summed E-state index contributed by atoms with van der Waals surface area (Å²) in [7, 11) is -5.24. The van der Waals surface area contributed by atoms with E-state index in [0.717, 1.165) is 34.7 Å². The minimum Gasteiger partial charge on any atom is -0.383 e. The van der Waals surface area contributed by atoms with Crippen LogP contribution in [0.5, 0.6) is 0 Å². The fourth-order valence-corrected chi connectivity index (χ4v) is 13.5. The Hall–Kier alpha value is -9.04. The molecular formula is C81H78F10N6O6S2. The number of nitrogens with zero attached hydrogens (tertiary/aromatic N) is 6. The maximum atomic E-state index is 15.5.